The quantitative estimate of drug-likeness (QED) is 0.197. The first kappa shape index (κ1) is 33.0. The molecule has 14 nitrogen and oxygen atoms in total. The van der Waals surface area contributed by atoms with Crippen molar-refractivity contribution in [3.63, 3.8) is 0 Å². The molecule has 2 heterocycles. The van der Waals surface area contributed by atoms with Gasteiger partial charge in [0.05, 0.1) is 11.7 Å². The highest BCUT2D eigenvalue weighted by molar-refractivity contribution is 5.96. The molecule has 1 aliphatic rings. The van der Waals surface area contributed by atoms with Gasteiger partial charge in [0.1, 0.15) is 25.1 Å². The predicted molar refractivity (Wildman–Crippen MR) is 153 cm³/mol. The van der Waals surface area contributed by atoms with Gasteiger partial charge in [0.25, 0.3) is 0 Å². The fourth-order valence-corrected chi connectivity index (χ4v) is 4.84. The van der Waals surface area contributed by atoms with Crippen molar-refractivity contribution in [1.82, 2.24) is 4.57 Å². The summed E-state index contributed by atoms with van der Waals surface area (Å²) < 4.78 is 40.1. The van der Waals surface area contributed by atoms with E-state index in [0.29, 0.717) is 11.3 Å². The van der Waals surface area contributed by atoms with Gasteiger partial charge in [0, 0.05) is 40.0 Å². The Morgan fingerprint density at radius 1 is 0.844 bits per heavy atom. The van der Waals surface area contributed by atoms with Gasteiger partial charge < -0.3 is 38.3 Å². The van der Waals surface area contributed by atoms with E-state index < -0.39 is 66.8 Å². The van der Waals surface area contributed by atoms with Crippen LogP contribution >= 0.6 is 0 Å². The summed E-state index contributed by atoms with van der Waals surface area (Å²) >= 11 is 0. The van der Waals surface area contributed by atoms with Crippen LogP contribution in [0.3, 0.4) is 0 Å². The van der Waals surface area contributed by atoms with Crippen LogP contribution in [0.25, 0.3) is 10.9 Å². The number of nitrogens with zero attached hydrogens (tertiary/aromatic N) is 1. The minimum absolute atomic E-state index is 0.122. The molecule has 3 aromatic rings. The van der Waals surface area contributed by atoms with Gasteiger partial charge >= 0.3 is 29.9 Å². The summed E-state index contributed by atoms with van der Waals surface area (Å²) in [6.07, 6.45) is -5.36. The average Bonchev–Trinajstić information content (AvgIpc) is 3.32. The standard InChI is InChI=1S/C31H33NO13/c1-17(33)32-14-26(24-13-23(11-12-25(24)32)40-15-22-9-7-6-8-10-22)44-31(38)30(43-21(5)37)29(42-20(4)36)28(41-19(3)35)27(45-31)16-39-18(2)34/h6-14,27-30,38H,15-16H2,1-5H3/t27-,28-,29+,30-,31+/m1/s1. The lowest BCUT2D eigenvalue weighted by Gasteiger charge is -2.47. The van der Waals surface area contributed by atoms with Crippen LogP contribution in [0.15, 0.2) is 54.7 Å². The minimum Gasteiger partial charge on any atom is -0.489 e. The molecule has 240 valence electrons. The molecule has 0 amide bonds. The van der Waals surface area contributed by atoms with Crippen LogP contribution in [0.2, 0.25) is 0 Å². The maximum atomic E-state index is 12.5. The Morgan fingerprint density at radius 2 is 1.49 bits per heavy atom. The van der Waals surface area contributed by atoms with Crippen LogP contribution in [0.4, 0.5) is 0 Å². The first-order chi connectivity index (χ1) is 21.3. The molecule has 14 heteroatoms. The highest BCUT2D eigenvalue weighted by atomic mass is 16.9. The number of fused-ring (bicyclic) bond motifs is 1. The van der Waals surface area contributed by atoms with Crippen molar-refractivity contribution in [2.75, 3.05) is 6.61 Å². The lowest BCUT2D eigenvalue weighted by molar-refractivity contribution is -0.421. The Kier molecular flexibility index (Phi) is 10.1. The molecule has 5 atom stereocenters. The number of esters is 4. The highest BCUT2D eigenvalue weighted by Gasteiger charge is 2.62. The smallest absolute Gasteiger partial charge is 0.368 e. The Balaban J connectivity index is 1.79. The zero-order valence-electron chi connectivity index (χ0n) is 25.2. The summed E-state index contributed by atoms with van der Waals surface area (Å²) in [6.45, 7) is 5.21. The summed E-state index contributed by atoms with van der Waals surface area (Å²) in [5.41, 5.74) is 1.28. The van der Waals surface area contributed by atoms with Crippen molar-refractivity contribution in [2.45, 2.75) is 71.6 Å². The van der Waals surface area contributed by atoms with Crippen LogP contribution in [-0.4, -0.2) is 76.5 Å². The van der Waals surface area contributed by atoms with E-state index in [1.165, 1.54) is 17.7 Å². The van der Waals surface area contributed by atoms with E-state index in [2.05, 4.69) is 0 Å². The largest absolute Gasteiger partial charge is 0.489 e. The molecular formula is C31H33NO13. The van der Waals surface area contributed by atoms with Crippen molar-refractivity contribution in [3.05, 3.63) is 60.3 Å². The van der Waals surface area contributed by atoms with E-state index in [1.54, 1.807) is 18.2 Å². The molecule has 1 fully saturated rings. The van der Waals surface area contributed by atoms with Crippen LogP contribution in [0.1, 0.15) is 45.0 Å². The van der Waals surface area contributed by atoms with Gasteiger partial charge in [-0.2, -0.15) is 0 Å². The number of rotatable bonds is 10. The van der Waals surface area contributed by atoms with Crippen LogP contribution in [0, 0.1) is 0 Å². The topological polar surface area (TPSA) is 175 Å². The van der Waals surface area contributed by atoms with Crippen LogP contribution in [-0.2, 0) is 49.5 Å². The van der Waals surface area contributed by atoms with Crippen molar-refractivity contribution in [2.24, 2.45) is 0 Å². The van der Waals surface area contributed by atoms with E-state index in [4.69, 9.17) is 33.2 Å². The molecule has 1 saturated heterocycles. The summed E-state index contributed by atoms with van der Waals surface area (Å²) in [5, 5.41) is 12.2. The maximum absolute atomic E-state index is 12.5. The monoisotopic (exact) mass is 627 g/mol. The van der Waals surface area contributed by atoms with Gasteiger partial charge in [0.15, 0.2) is 18.0 Å². The third-order valence-electron chi connectivity index (χ3n) is 6.60. The SMILES string of the molecule is CC(=O)OC[C@H]1O[C@@](O)(Oc2cn(C(C)=O)c3ccc(OCc4ccccc4)cc23)[C@H](OC(C)=O)[C@@H](OC(C)=O)[C@@H]1OC(C)=O. The van der Waals surface area contributed by atoms with Crippen LogP contribution < -0.4 is 9.47 Å². The number of hydrogen-bond acceptors (Lipinski definition) is 13. The number of hydrogen-bond donors (Lipinski definition) is 1. The second-order valence-electron chi connectivity index (χ2n) is 10.2. The van der Waals surface area contributed by atoms with Gasteiger partial charge in [-0.1, -0.05) is 30.3 Å². The molecule has 0 saturated carbocycles. The molecule has 0 aliphatic carbocycles. The average molecular weight is 628 g/mol. The zero-order valence-corrected chi connectivity index (χ0v) is 25.2. The lowest BCUT2D eigenvalue weighted by Crippen LogP contribution is -2.70. The maximum Gasteiger partial charge on any atom is 0.368 e. The lowest BCUT2D eigenvalue weighted by atomic mass is 9.96. The highest BCUT2D eigenvalue weighted by Crippen LogP contribution is 2.40. The minimum atomic E-state index is -2.94. The molecule has 0 bridgehead atoms. The number of carbonyl (C=O) groups is 5. The molecule has 0 radical (unpaired) electrons. The number of ether oxygens (including phenoxy) is 7. The molecule has 0 spiro atoms. The number of carbonyl (C=O) groups excluding carboxylic acids is 5. The van der Waals surface area contributed by atoms with Crippen LogP contribution in [0.5, 0.6) is 11.5 Å². The Hall–Kier alpha value is -4.95. The summed E-state index contributed by atoms with van der Waals surface area (Å²) in [5.74, 6) is -6.47. The fourth-order valence-electron chi connectivity index (χ4n) is 4.84. The Bertz CT molecular complexity index is 1580. The normalized spacial score (nSPS) is 22.6. The second-order valence-corrected chi connectivity index (χ2v) is 10.2. The molecule has 0 unspecified atom stereocenters. The van der Waals surface area contributed by atoms with Gasteiger partial charge in [-0.3, -0.25) is 28.5 Å². The third kappa shape index (κ3) is 7.96. The van der Waals surface area contributed by atoms with E-state index in [1.807, 2.05) is 30.3 Å². The predicted octanol–water partition coefficient (Wildman–Crippen LogP) is 2.66. The third-order valence-corrected chi connectivity index (χ3v) is 6.60. The van der Waals surface area contributed by atoms with E-state index >= 15 is 0 Å². The van der Waals surface area contributed by atoms with E-state index in [9.17, 15) is 29.1 Å². The van der Waals surface area contributed by atoms with Gasteiger partial charge in [-0.15, -0.1) is 0 Å². The van der Waals surface area contributed by atoms with Crippen molar-refractivity contribution < 1.29 is 62.2 Å². The zero-order chi connectivity index (χ0) is 32.9. The number of aliphatic hydroxyl groups is 1. The molecule has 45 heavy (non-hydrogen) atoms. The van der Waals surface area contributed by atoms with E-state index in [0.717, 1.165) is 33.3 Å². The number of aromatic nitrogens is 1. The Labute approximate surface area is 257 Å². The van der Waals surface area contributed by atoms with Crippen molar-refractivity contribution in [1.29, 1.82) is 0 Å². The first-order valence-corrected chi connectivity index (χ1v) is 13.8. The first-order valence-electron chi connectivity index (χ1n) is 13.8. The summed E-state index contributed by atoms with van der Waals surface area (Å²) in [4.78, 5) is 60.6. The second kappa shape index (κ2) is 13.8. The van der Waals surface area contributed by atoms with Crippen molar-refractivity contribution >= 4 is 40.7 Å². The molecular weight excluding hydrogens is 594 g/mol. The molecule has 4 rings (SSSR count). The summed E-state index contributed by atoms with van der Waals surface area (Å²) in [6, 6.07) is 14.2. The molecule has 2 aromatic carbocycles. The van der Waals surface area contributed by atoms with Crippen molar-refractivity contribution in [3.8, 4) is 11.5 Å². The summed E-state index contributed by atoms with van der Waals surface area (Å²) in [7, 11) is 0. The Morgan fingerprint density at radius 3 is 2.09 bits per heavy atom. The number of benzene rings is 2. The molecule has 1 aliphatic heterocycles. The molecule has 1 aromatic heterocycles. The van der Waals surface area contributed by atoms with Gasteiger partial charge in [-0.05, 0) is 23.8 Å². The van der Waals surface area contributed by atoms with Gasteiger partial charge in [0.2, 0.25) is 12.0 Å². The fraction of sp³-hybridized carbons (Fsp3) is 0.387. The van der Waals surface area contributed by atoms with E-state index in [-0.39, 0.29) is 17.7 Å². The molecule has 1 N–H and O–H groups in total. The van der Waals surface area contributed by atoms with Gasteiger partial charge in [-0.25, -0.2) is 0 Å².